The zero-order valence-electron chi connectivity index (χ0n) is 13.3. The molecule has 6 heteroatoms. The number of fused-ring (bicyclic) bond motifs is 1. The van der Waals surface area contributed by atoms with Gasteiger partial charge in [-0.15, -0.1) is 0 Å². The summed E-state index contributed by atoms with van der Waals surface area (Å²) in [5.74, 6) is 0.894. The molecule has 0 amide bonds. The van der Waals surface area contributed by atoms with E-state index in [9.17, 15) is 0 Å². The van der Waals surface area contributed by atoms with Crippen molar-refractivity contribution in [2.45, 2.75) is 26.8 Å². The van der Waals surface area contributed by atoms with Gasteiger partial charge in [0.15, 0.2) is 0 Å². The zero-order valence-corrected chi connectivity index (χ0v) is 13.3. The van der Waals surface area contributed by atoms with E-state index in [4.69, 9.17) is 5.11 Å². The molecule has 0 spiro atoms. The minimum Gasteiger partial charge on any atom is -0.396 e. The first-order valence-electron chi connectivity index (χ1n) is 7.36. The normalized spacial score (nSPS) is 11.5. The van der Waals surface area contributed by atoms with Crippen LogP contribution in [0.2, 0.25) is 0 Å². The molecule has 2 rings (SSSR count). The van der Waals surface area contributed by atoms with Crippen LogP contribution in [0.5, 0.6) is 0 Å². The molecule has 0 radical (unpaired) electrons. The predicted octanol–water partition coefficient (Wildman–Crippen LogP) is 1.40. The smallest absolute Gasteiger partial charge is 0.145 e. The molecule has 0 saturated carbocycles. The van der Waals surface area contributed by atoms with Crippen LogP contribution in [0.25, 0.3) is 11.0 Å². The number of anilines is 1. The first-order chi connectivity index (χ1) is 10.1. The van der Waals surface area contributed by atoms with E-state index in [-0.39, 0.29) is 6.61 Å². The van der Waals surface area contributed by atoms with Crippen LogP contribution in [0.15, 0.2) is 6.33 Å². The average Bonchev–Trinajstić information content (AvgIpc) is 2.69. The van der Waals surface area contributed by atoms with E-state index in [0.29, 0.717) is 0 Å². The summed E-state index contributed by atoms with van der Waals surface area (Å²) in [6.07, 6.45) is 2.34. The SMILES string of the molecule is Cc1c(C)n(CCCO)c2ncnc(NCCN(C)C)c12. The maximum Gasteiger partial charge on any atom is 0.145 e. The van der Waals surface area contributed by atoms with E-state index >= 15 is 0 Å². The van der Waals surface area contributed by atoms with Crippen LogP contribution in [-0.2, 0) is 6.54 Å². The topological polar surface area (TPSA) is 66.2 Å². The van der Waals surface area contributed by atoms with Gasteiger partial charge in [-0.1, -0.05) is 0 Å². The molecule has 21 heavy (non-hydrogen) atoms. The molecule has 0 aromatic carbocycles. The van der Waals surface area contributed by atoms with Gasteiger partial charge in [-0.3, -0.25) is 0 Å². The molecule has 116 valence electrons. The summed E-state index contributed by atoms with van der Waals surface area (Å²) in [7, 11) is 4.11. The minimum atomic E-state index is 0.192. The van der Waals surface area contributed by atoms with Gasteiger partial charge in [0, 0.05) is 31.9 Å². The number of hydrogen-bond acceptors (Lipinski definition) is 5. The Bertz CT molecular complexity index is 606. The van der Waals surface area contributed by atoms with Crippen molar-refractivity contribution in [2.24, 2.45) is 0 Å². The Kier molecular flexibility index (Phi) is 5.14. The fourth-order valence-corrected chi connectivity index (χ4v) is 2.50. The summed E-state index contributed by atoms with van der Waals surface area (Å²) in [6, 6.07) is 0. The van der Waals surface area contributed by atoms with Gasteiger partial charge in [-0.2, -0.15) is 0 Å². The summed E-state index contributed by atoms with van der Waals surface area (Å²) in [6.45, 7) is 6.97. The van der Waals surface area contributed by atoms with Gasteiger partial charge in [0.25, 0.3) is 0 Å². The Morgan fingerprint density at radius 1 is 1.29 bits per heavy atom. The van der Waals surface area contributed by atoms with Crippen molar-refractivity contribution in [3.05, 3.63) is 17.6 Å². The van der Waals surface area contributed by atoms with Gasteiger partial charge in [-0.25, -0.2) is 9.97 Å². The highest BCUT2D eigenvalue weighted by Crippen LogP contribution is 2.28. The highest BCUT2D eigenvalue weighted by atomic mass is 16.3. The molecule has 0 aliphatic carbocycles. The van der Waals surface area contributed by atoms with E-state index < -0.39 is 0 Å². The molecule has 6 nitrogen and oxygen atoms in total. The van der Waals surface area contributed by atoms with Crippen LogP contribution in [0, 0.1) is 13.8 Å². The maximum atomic E-state index is 9.06. The van der Waals surface area contributed by atoms with E-state index in [0.717, 1.165) is 42.9 Å². The molecule has 2 heterocycles. The molecule has 0 atom stereocenters. The largest absolute Gasteiger partial charge is 0.396 e. The molecule has 0 aliphatic rings. The van der Waals surface area contributed by atoms with Gasteiger partial charge in [0.1, 0.15) is 17.8 Å². The van der Waals surface area contributed by atoms with Crippen molar-refractivity contribution in [3.8, 4) is 0 Å². The molecular formula is C15H25N5O. The molecule has 0 unspecified atom stereocenters. The number of likely N-dealkylation sites (N-methyl/N-ethyl adjacent to an activating group) is 1. The second-order valence-corrected chi connectivity index (χ2v) is 5.59. The zero-order chi connectivity index (χ0) is 15.4. The molecule has 2 aromatic heterocycles. The quantitative estimate of drug-likeness (QED) is 0.807. The minimum absolute atomic E-state index is 0.192. The number of aliphatic hydroxyl groups excluding tert-OH is 1. The number of aryl methyl sites for hydroxylation is 2. The number of nitrogens with one attached hydrogen (secondary N) is 1. The molecule has 0 aliphatic heterocycles. The van der Waals surface area contributed by atoms with Crippen LogP contribution >= 0.6 is 0 Å². The van der Waals surface area contributed by atoms with Gasteiger partial charge in [0.05, 0.1) is 5.39 Å². The van der Waals surface area contributed by atoms with Crippen molar-refractivity contribution in [3.63, 3.8) is 0 Å². The van der Waals surface area contributed by atoms with Gasteiger partial charge < -0.3 is 19.9 Å². The second kappa shape index (κ2) is 6.87. The number of aromatic nitrogens is 3. The lowest BCUT2D eigenvalue weighted by Gasteiger charge is -2.11. The van der Waals surface area contributed by atoms with E-state index in [1.165, 1.54) is 11.3 Å². The molecule has 0 saturated heterocycles. The van der Waals surface area contributed by atoms with Crippen molar-refractivity contribution < 1.29 is 5.11 Å². The van der Waals surface area contributed by atoms with E-state index in [1.807, 2.05) is 0 Å². The summed E-state index contributed by atoms with van der Waals surface area (Å²) in [5.41, 5.74) is 3.34. The Morgan fingerprint density at radius 2 is 2.05 bits per heavy atom. The molecule has 0 bridgehead atoms. The molecule has 0 fully saturated rings. The standard InChI is InChI=1S/C15H25N5O/c1-11-12(2)20(7-5-9-21)15-13(11)14(17-10-18-15)16-6-8-19(3)4/h10,21H,5-9H2,1-4H3,(H,16,17,18). The molecule has 2 N–H and O–H groups in total. The summed E-state index contributed by atoms with van der Waals surface area (Å²) >= 11 is 0. The second-order valence-electron chi connectivity index (χ2n) is 5.59. The van der Waals surface area contributed by atoms with Crippen LogP contribution in [0.1, 0.15) is 17.7 Å². The molecular weight excluding hydrogens is 266 g/mol. The van der Waals surface area contributed by atoms with E-state index in [1.54, 1.807) is 6.33 Å². The number of hydrogen-bond donors (Lipinski definition) is 2. The summed E-state index contributed by atoms with van der Waals surface area (Å²) in [4.78, 5) is 11.0. The predicted molar refractivity (Wildman–Crippen MR) is 85.7 cm³/mol. The third kappa shape index (κ3) is 3.33. The number of rotatable bonds is 7. The lowest BCUT2D eigenvalue weighted by Crippen LogP contribution is -2.21. The fraction of sp³-hybridized carbons (Fsp3) is 0.600. The first kappa shape index (κ1) is 15.7. The van der Waals surface area contributed by atoms with Crippen LogP contribution in [0.3, 0.4) is 0 Å². The van der Waals surface area contributed by atoms with Crippen molar-refractivity contribution in [1.29, 1.82) is 0 Å². The fourth-order valence-electron chi connectivity index (χ4n) is 2.50. The van der Waals surface area contributed by atoms with Gasteiger partial charge >= 0.3 is 0 Å². The number of nitrogens with zero attached hydrogens (tertiary/aromatic N) is 4. The van der Waals surface area contributed by atoms with E-state index in [2.05, 4.69) is 52.7 Å². The monoisotopic (exact) mass is 291 g/mol. The van der Waals surface area contributed by atoms with Crippen molar-refractivity contribution in [2.75, 3.05) is 39.1 Å². The first-order valence-corrected chi connectivity index (χ1v) is 7.36. The lowest BCUT2D eigenvalue weighted by molar-refractivity contribution is 0.280. The van der Waals surface area contributed by atoms with Crippen LogP contribution < -0.4 is 5.32 Å². The third-order valence-corrected chi connectivity index (χ3v) is 3.80. The Hall–Kier alpha value is -1.66. The highest BCUT2D eigenvalue weighted by molar-refractivity contribution is 5.91. The Morgan fingerprint density at radius 3 is 2.71 bits per heavy atom. The average molecular weight is 291 g/mol. The Labute approximate surface area is 125 Å². The van der Waals surface area contributed by atoms with Crippen molar-refractivity contribution in [1.82, 2.24) is 19.4 Å². The van der Waals surface area contributed by atoms with Crippen molar-refractivity contribution >= 4 is 16.9 Å². The maximum absolute atomic E-state index is 9.06. The van der Waals surface area contributed by atoms with Gasteiger partial charge in [0.2, 0.25) is 0 Å². The third-order valence-electron chi connectivity index (χ3n) is 3.80. The van der Waals surface area contributed by atoms with Gasteiger partial charge in [-0.05, 0) is 39.9 Å². The Balaban J connectivity index is 2.35. The van der Waals surface area contributed by atoms with Crippen LogP contribution in [0.4, 0.5) is 5.82 Å². The summed E-state index contributed by atoms with van der Waals surface area (Å²) < 4.78 is 2.17. The number of aliphatic hydroxyl groups is 1. The lowest BCUT2D eigenvalue weighted by atomic mass is 10.2. The van der Waals surface area contributed by atoms with Crippen LogP contribution in [-0.4, -0.2) is 58.3 Å². The molecule has 2 aromatic rings. The summed E-state index contributed by atoms with van der Waals surface area (Å²) in [5, 5.41) is 13.5. The highest BCUT2D eigenvalue weighted by Gasteiger charge is 2.15.